The second kappa shape index (κ2) is 5.64. The van der Waals surface area contributed by atoms with E-state index in [1.54, 1.807) is 13.8 Å². The summed E-state index contributed by atoms with van der Waals surface area (Å²) < 4.78 is 18.6. The first-order valence-electron chi connectivity index (χ1n) is 5.65. The number of hydrogen-bond donors (Lipinski definition) is 2. The Hall–Kier alpha value is -2.18. The van der Waals surface area contributed by atoms with Gasteiger partial charge >= 0.3 is 5.69 Å². The third kappa shape index (κ3) is 3.90. The molecule has 0 aliphatic rings. The van der Waals surface area contributed by atoms with E-state index in [9.17, 15) is 14.5 Å². The van der Waals surface area contributed by atoms with Gasteiger partial charge in [-0.05, 0) is 12.5 Å². The highest BCUT2D eigenvalue weighted by Crippen LogP contribution is 2.24. The lowest BCUT2D eigenvalue weighted by Gasteiger charge is -2.22. The average molecular weight is 269 g/mol. The van der Waals surface area contributed by atoms with Crippen molar-refractivity contribution in [3.05, 3.63) is 34.1 Å². The van der Waals surface area contributed by atoms with Crippen molar-refractivity contribution in [1.29, 1.82) is 5.41 Å². The van der Waals surface area contributed by atoms with Gasteiger partial charge < -0.3 is 10.5 Å². The van der Waals surface area contributed by atoms with Crippen LogP contribution in [-0.2, 0) is 0 Å². The molecule has 0 aliphatic carbocycles. The van der Waals surface area contributed by atoms with Crippen LogP contribution in [0.25, 0.3) is 0 Å². The molecule has 0 amide bonds. The van der Waals surface area contributed by atoms with E-state index in [4.69, 9.17) is 15.9 Å². The van der Waals surface area contributed by atoms with Crippen LogP contribution in [0.3, 0.4) is 0 Å². The summed E-state index contributed by atoms with van der Waals surface area (Å²) >= 11 is 0. The van der Waals surface area contributed by atoms with Crippen LogP contribution >= 0.6 is 0 Å². The zero-order chi connectivity index (χ0) is 14.6. The van der Waals surface area contributed by atoms with Gasteiger partial charge in [-0.1, -0.05) is 13.8 Å². The molecular formula is C12H16FN3O3. The van der Waals surface area contributed by atoms with Crippen LogP contribution in [0, 0.1) is 26.8 Å². The standard InChI is InChI=1S/C12H16FN3O3/c1-12(2,11(14)15)5-6-19-8-3-4-10(16(17)18)9(13)7-8/h3-4,7H,5-6H2,1-2H3,(H3,14,15). The summed E-state index contributed by atoms with van der Waals surface area (Å²) in [7, 11) is 0. The van der Waals surface area contributed by atoms with E-state index in [-0.39, 0.29) is 18.2 Å². The smallest absolute Gasteiger partial charge is 0.305 e. The van der Waals surface area contributed by atoms with Gasteiger partial charge in [0.05, 0.1) is 17.4 Å². The molecule has 0 heterocycles. The number of nitrogens with one attached hydrogen (secondary N) is 1. The third-order valence-electron chi connectivity index (χ3n) is 2.84. The predicted octanol–water partition coefficient (Wildman–Crippen LogP) is 2.46. The van der Waals surface area contributed by atoms with Crippen molar-refractivity contribution < 1.29 is 14.1 Å². The number of ether oxygens (including phenoxy) is 1. The topological polar surface area (TPSA) is 102 Å². The Balaban J connectivity index is 2.63. The molecule has 0 saturated carbocycles. The van der Waals surface area contributed by atoms with Gasteiger partial charge in [-0.25, -0.2) is 0 Å². The van der Waals surface area contributed by atoms with Crippen LogP contribution in [0.5, 0.6) is 5.75 Å². The van der Waals surface area contributed by atoms with Gasteiger partial charge in [-0.3, -0.25) is 15.5 Å². The summed E-state index contributed by atoms with van der Waals surface area (Å²) in [6, 6.07) is 3.36. The molecule has 0 saturated heterocycles. The van der Waals surface area contributed by atoms with Gasteiger partial charge in [0.25, 0.3) is 0 Å². The Morgan fingerprint density at radius 1 is 1.58 bits per heavy atom. The van der Waals surface area contributed by atoms with Crippen LogP contribution in [0.4, 0.5) is 10.1 Å². The largest absolute Gasteiger partial charge is 0.493 e. The number of nitrogens with zero attached hydrogens (tertiary/aromatic N) is 1. The van der Waals surface area contributed by atoms with Crippen LogP contribution in [-0.4, -0.2) is 17.4 Å². The summed E-state index contributed by atoms with van der Waals surface area (Å²) in [6.07, 6.45) is 0.487. The summed E-state index contributed by atoms with van der Waals surface area (Å²) in [5.41, 5.74) is 4.33. The molecule has 0 atom stereocenters. The van der Waals surface area contributed by atoms with E-state index < -0.39 is 21.8 Å². The summed E-state index contributed by atoms with van der Waals surface area (Å²) in [5, 5.41) is 17.8. The second-order valence-corrected chi connectivity index (χ2v) is 4.77. The van der Waals surface area contributed by atoms with Crippen LogP contribution in [0.1, 0.15) is 20.3 Å². The quantitative estimate of drug-likeness (QED) is 0.358. The number of nitro benzene ring substituents is 1. The first kappa shape index (κ1) is 14.9. The monoisotopic (exact) mass is 269 g/mol. The lowest BCUT2D eigenvalue weighted by molar-refractivity contribution is -0.387. The van der Waals surface area contributed by atoms with Crippen molar-refractivity contribution >= 4 is 11.5 Å². The summed E-state index contributed by atoms with van der Waals surface area (Å²) in [6.45, 7) is 3.84. The van der Waals surface area contributed by atoms with Gasteiger partial charge in [0.15, 0.2) is 0 Å². The molecule has 3 N–H and O–H groups in total. The van der Waals surface area contributed by atoms with E-state index in [1.807, 2.05) is 0 Å². The molecule has 0 bridgehead atoms. The highest BCUT2D eigenvalue weighted by Gasteiger charge is 2.21. The number of benzene rings is 1. The molecule has 0 aromatic heterocycles. The Labute approximate surface area is 110 Å². The van der Waals surface area contributed by atoms with E-state index in [0.717, 1.165) is 12.1 Å². The fourth-order valence-electron chi connectivity index (χ4n) is 1.28. The van der Waals surface area contributed by atoms with Crippen LogP contribution in [0.2, 0.25) is 0 Å². The maximum atomic E-state index is 13.3. The molecule has 6 nitrogen and oxygen atoms in total. The fraction of sp³-hybridized carbons (Fsp3) is 0.417. The van der Waals surface area contributed by atoms with Gasteiger partial charge in [-0.15, -0.1) is 0 Å². The van der Waals surface area contributed by atoms with Crippen molar-refractivity contribution in [1.82, 2.24) is 0 Å². The van der Waals surface area contributed by atoms with E-state index in [1.165, 1.54) is 6.07 Å². The molecule has 1 rings (SSSR count). The predicted molar refractivity (Wildman–Crippen MR) is 68.9 cm³/mol. The summed E-state index contributed by atoms with van der Waals surface area (Å²) in [4.78, 5) is 9.65. The second-order valence-electron chi connectivity index (χ2n) is 4.77. The zero-order valence-corrected chi connectivity index (χ0v) is 10.8. The average Bonchev–Trinajstić information content (AvgIpc) is 2.28. The molecule has 1 aromatic rings. The zero-order valence-electron chi connectivity index (χ0n) is 10.8. The Morgan fingerprint density at radius 2 is 2.21 bits per heavy atom. The minimum atomic E-state index is -0.937. The van der Waals surface area contributed by atoms with E-state index in [0.29, 0.717) is 6.42 Å². The normalized spacial score (nSPS) is 11.1. The van der Waals surface area contributed by atoms with Crippen molar-refractivity contribution in [3.63, 3.8) is 0 Å². The number of nitro groups is 1. The van der Waals surface area contributed by atoms with Crippen molar-refractivity contribution in [2.45, 2.75) is 20.3 Å². The van der Waals surface area contributed by atoms with E-state index >= 15 is 0 Å². The molecule has 0 spiro atoms. The fourth-order valence-corrected chi connectivity index (χ4v) is 1.28. The third-order valence-corrected chi connectivity index (χ3v) is 2.84. The first-order valence-corrected chi connectivity index (χ1v) is 5.65. The SMILES string of the molecule is CC(C)(CCOc1ccc([N+](=O)[O-])c(F)c1)C(=N)N. The molecule has 0 unspecified atom stereocenters. The lowest BCUT2D eigenvalue weighted by atomic mass is 9.88. The molecule has 0 fully saturated rings. The van der Waals surface area contributed by atoms with Crippen molar-refractivity contribution in [3.8, 4) is 5.75 Å². The van der Waals surface area contributed by atoms with E-state index in [2.05, 4.69) is 0 Å². The molecule has 104 valence electrons. The maximum Gasteiger partial charge on any atom is 0.305 e. The Morgan fingerprint density at radius 3 is 2.68 bits per heavy atom. The van der Waals surface area contributed by atoms with Gasteiger partial charge in [-0.2, -0.15) is 4.39 Å². The Bertz CT molecular complexity index is 503. The number of halogens is 1. The van der Waals surface area contributed by atoms with Gasteiger partial charge in [0.1, 0.15) is 5.75 Å². The minimum absolute atomic E-state index is 0.0472. The number of rotatable bonds is 6. The van der Waals surface area contributed by atoms with Crippen LogP contribution < -0.4 is 10.5 Å². The number of hydrogen-bond acceptors (Lipinski definition) is 4. The molecule has 19 heavy (non-hydrogen) atoms. The molecule has 0 aliphatic heterocycles. The highest BCUT2D eigenvalue weighted by atomic mass is 19.1. The van der Waals surface area contributed by atoms with Crippen LogP contribution in [0.15, 0.2) is 18.2 Å². The molecule has 1 aromatic carbocycles. The number of nitrogens with two attached hydrogens (primary N) is 1. The molecule has 7 heteroatoms. The molecular weight excluding hydrogens is 253 g/mol. The summed E-state index contributed by atoms with van der Waals surface area (Å²) in [5.74, 6) is -0.679. The van der Waals surface area contributed by atoms with Gasteiger partial charge in [0.2, 0.25) is 5.82 Å². The Kier molecular flexibility index (Phi) is 4.42. The lowest BCUT2D eigenvalue weighted by Crippen LogP contribution is -2.32. The molecule has 0 radical (unpaired) electrons. The van der Waals surface area contributed by atoms with Gasteiger partial charge in [0, 0.05) is 17.5 Å². The minimum Gasteiger partial charge on any atom is -0.493 e. The number of amidine groups is 1. The highest BCUT2D eigenvalue weighted by molar-refractivity contribution is 5.82. The first-order chi connectivity index (χ1) is 8.74. The van der Waals surface area contributed by atoms with Crippen molar-refractivity contribution in [2.75, 3.05) is 6.61 Å². The maximum absolute atomic E-state index is 13.3. The van der Waals surface area contributed by atoms with Crippen molar-refractivity contribution in [2.24, 2.45) is 11.1 Å².